The standard InChI is InChI=1S/C24H30F3N5O2/c1-4-13(2)32-20(22-17-8-16(9-18(17)22)31-5-6-33-12-14(31)3)10-19(30-32)15-7-21(23(28)29-11-15)34-24(25,26)27/h7-8,10-11,13-14,16,18,22H,4-6,9,12H2,1-3H3,(H2,28,29). The van der Waals surface area contributed by atoms with Crippen molar-refractivity contribution in [1.82, 2.24) is 19.7 Å². The van der Waals surface area contributed by atoms with Crippen LogP contribution in [0.3, 0.4) is 0 Å². The number of morpholine rings is 1. The fourth-order valence-electron chi connectivity index (χ4n) is 5.34. The first-order valence-corrected chi connectivity index (χ1v) is 11.8. The van der Waals surface area contributed by atoms with Crippen LogP contribution in [0.5, 0.6) is 5.75 Å². The van der Waals surface area contributed by atoms with E-state index in [9.17, 15) is 13.2 Å². The minimum atomic E-state index is -4.85. The van der Waals surface area contributed by atoms with Gasteiger partial charge >= 0.3 is 6.36 Å². The summed E-state index contributed by atoms with van der Waals surface area (Å²) in [6.45, 7) is 8.91. The zero-order chi connectivity index (χ0) is 24.2. The van der Waals surface area contributed by atoms with Crippen LogP contribution in [-0.2, 0) is 4.74 Å². The van der Waals surface area contributed by atoms with E-state index in [1.165, 1.54) is 17.8 Å². The van der Waals surface area contributed by atoms with Gasteiger partial charge in [0.2, 0.25) is 0 Å². The molecule has 2 fully saturated rings. The van der Waals surface area contributed by atoms with E-state index < -0.39 is 12.1 Å². The molecule has 0 bridgehead atoms. The van der Waals surface area contributed by atoms with Gasteiger partial charge in [-0.1, -0.05) is 18.6 Å². The Labute approximate surface area is 196 Å². The summed E-state index contributed by atoms with van der Waals surface area (Å²) >= 11 is 0. The Hall–Kier alpha value is -2.59. The quantitative estimate of drug-likeness (QED) is 0.616. The number of allylic oxidation sites excluding steroid dienone is 1. The maximum Gasteiger partial charge on any atom is 0.573 e. The molecule has 10 heteroatoms. The number of alkyl halides is 3. The molecule has 3 aliphatic rings. The van der Waals surface area contributed by atoms with Crippen molar-refractivity contribution in [3.05, 3.63) is 35.7 Å². The average molecular weight is 478 g/mol. The van der Waals surface area contributed by atoms with Crippen molar-refractivity contribution in [1.29, 1.82) is 0 Å². The first-order valence-electron chi connectivity index (χ1n) is 11.8. The second kappa shape index (κ2) is 8.57. The van der Waals surface area contributed by atoms with E-state index in [1.807, 2.05) is 10.7 Å². The largest absolute Gasteiger partial charge is 0.573 e. The van der Waals surface area contributed by atoms with Crippen LogP contribution in [0.15, 0.2) is 30.0 Å². The van der Waals surface area contributed by atoms with E-state index in [1.54, 1.807) is 0 Å². The van der Waals surface area contributed by atoms with E-state index in [2.05, 4.69) is 41.5 Å². The molecule has 184 valence electrons. The van der Waals surface area contributed by atoms with Crippen LogP contribution >= 0.6 is 0 Å². The minimum Gasteiger partial charge on any atom is -0.402 e. The molecule has 1 saturated carbocycles. The number of hydrogen-bond acceptors (Lipinski definition) is 6. The zero-order valence-electron chi connectivity index (χ0n) is 19.5. The van der Waals surface area contributed by atoms with Gasteiger partial charge in [-0.3, -0.25) is 9.58 Å². The molecule has 0 radical (unpaired) electrons. The van der Waals surface area contributed by atoms with Crippen LogP contribution in [0.4, 0.5) is 19.0 Å². The normalized spacial score (nSPS) is 27.9. The van der Waals surface area contributed by atoms with Crippen molar-refractivity contribution < 1.29 is 22.6 Å². The Morgan fingerprint density at radius 3 is 2.76 bits per heavy atom. The molecule has 2 aliphatic carbocycles. The van der Waals surface area contributed by atoms with Gasteiger partial charge in [0.25, 0.3) is 0 Å². The highest BCUT2D eigenvalue weighted by atomic mass is 19.4. The van der Waals surface area contributed by atoms with Crippen LogP contribution in [0.2, 0.25) is 0 Å². The number of aromatic nitrogens is 3. The topological polar surface area (TPSA) is 78.4 Å². The number of nitrogen functional groups attached to an aromatic ring is 1. The predicted molar refractivity (Wildman–Crippen MR) is 121 cm³/mol. The maximum absolute atomic E-state index is 12.8. The van der Waals surface area contributed by atoms with Crippen LogP contribution in [0.1, 0.15) is 51.3 Å². The SMILES string of the molecule is CCC(C)n1nc(-c2cnc(N)c(OC(F)(F)F)c2)cc1C1C2=CC(N3CCOCC3C)CC21. The third-order valence-corrected chi connectivity index (χ3v) is 7.30. The molecule has 0 spiro atoms. The smallest absolute Gasteiger partial charge is 0.402 e. The maximum atomic E-state index is 12.8. The Bertz CT molecular complexity index is 1100. The van der Waals surface area contributed by atoms with Crippen LogP contribution in [0, 0.1) is 5.92 Å². The van der Waals surface area contributed by atoms with Gasteiger partial charge in [-0.15, -0.1) is 13.2 Å². The van der Waals surface area contributed by atoms with Gasteiger partial charge in [0.15, 0.2) is 11.6 Å². The minimum absolute atomic E-state index is 0.161. The fraction of sp³-hybridized carbons (Fsp3) is 0.583. The molecule has 2 aromatic rings. The molecule has 5 atom stereocenters. The highest BCUT2D eigenvalue weighted by Crippen LogP contribution is 2.61. The lowest BCUT2D eigenvalue weighted by Crippen LogP contribution is -2.48. The second-order valence-corrected chi connectivity index (χ2v) is 9.53. The Morgan fingerprint density at radius 2 is 2.12 bits per heavy atom. The summed E-state index contributed by atoms with van der Waals surface area (Å²) in [5, 5.41) is 4.77. The van der Waals surface area contributed by atoms with Gasteiger partial charge in [-0.2, -0.15) is 5.10 Å². The number of fused-ring (bicyclic) bond motifs is 1. The molecule has 3 heterocycles. The van der Waals surface area contributed by atoms with E-state index in [-0.39, 0.29) is 11.9 Å². The lowest BCUT2D eigenvalue weighted by atomic mass is 10.0. The molecule has 34 heavy (non-hydrogen) atoms. The van der Waals surface area contributed by atoms with Crippen molar-refractivity contribution in [3.8, 4) is 17.0 Å². The fourth-order valence-corrected chi connectivity index (χ4v) is 5.34. The molecule has 2 N–H and O–H groups in total. The molecular formula is C24H30F3N5O2. The Balaban J connectivity index is 1.43. The van der Waals surface area contributed by atoms with Crippen molar-refractivity contribution in [2.45, 2.75) is 64.0 Å². The lowest BCUT2D eigenvalue weighted by molar-refractivity contribution is -0.274. The van der Waals surface area contributed by atoms with Crippen molar-refractivity contribution in [2.24, 2.45) is 5.92 Å². The summed E-state index contributed by atoms with van der Waals surface area (Å²) in [6, 6.07) is 4.25. The van der Waals surface area contributed by atoms with Crippen molar-refractivity contribution >= 4 is 5.82 Å². The highest BCUT2D eigenvalue weighted by Gasteiger charge is 2.53. The number of nitrogens with zero attached hydrogens (tertiary/aromatic N) is 4. The Morgan fingerprint density at radius 1 is 1.32 bits per heavy atom. The van der Waals surface area contributed by atoms with Gasteiger partial charge in [-0.25, -0.2) is 4.98 Å². The van der Waals surface area contributed by atoms with E-state index in [0.29, 0.717) is 35.2 Å². The number of halogens is 3. The monoisotopic (exact) mass is 477 g/mol. The molecule has 0 amide bonds. The predicted octanol–water partition coefficient (Wildman–Crippen LogP) is 4.53. The van der Waals surface area contributed by atoms with Crippen LogP contribution < -0.4 is 10.5 Å². The van der Waals surface area contributed by atoms with Gasteiger partial charge < -0.3 is 15.2 Å². The third kappa shape index (κ3) is 4.29. The van der Waals surface area contributed by atoms with Crippen molar-refractivity contribution in [3.63, 3.8) is 0 Å². The van der Waals surface area contributed by atoms with Gasteiger partial charge in [0.05, 0.1) is 18.9 Å². The molecule has 5 unspecified atom stereocenters. The van der Waals surface area contributed by atoms with E-state index in [4.69, 9.17) is 15.6 Å². The summed E-state index contributed by atoms with van der Waals surface area (Å²) < 4.78 is 50.0. The molecule has 5 rings (SSSR count). The molecular weight excluding hydrogens is 447 g/mol. The first kappa shape index (κ1) is 23.2. The third-order valence-electron chi connectivity index (χ3n) is 7.30. The molecule has 7 nitrogen and oxygen atoms in total. The Kier molecular flexibility index (Phi) is 5.84. The number of nitrogens with two attached hydrogens (primary N) is 1. The van der Waals surface area contributed by atoms with E-state index >= 15 is 0 Å². The second-order valence-electron chi connectivity index (χ2n) is 9.53. The molecule has 1 aliphatic heterocycles. The number of anilines is 1. The number of ether oxygens (including phenoxy) is 2. The number of pyridine rings is 1. The number of rotatable bonds is 6. The van der Waals surface area contributed by atoms with Gasteiger partial charge in [0.1, 0.15) is 0 Å². The summed E-state index contributed by atoms with van der Waals surface area (Å²) in [4.78, 5) is 6.43. The summed E-state index contributed by atoms with van der Waals surface area (Å²) in [5.41, 5.74) is 9.15. The highest BCUT2D eigenvalue weighted by molar-refractivity contribution is 5.65. The number of hydrogen-bond donors (Lipinski definition) is 1. The lowest BCUT2D eigenvalue weighted by Gasteiger charge is -2.37. The average Bonchev–Trinajstić information content (AvgIpc) is 3.13. The van der Waals surface area contributed by atoms with E-state index in [0.717, 1.165) is 38.3 Å². The van der Waals surface area contributed by atoms with Gasteiger partial charge in [-0.05, 0) is 44.7 Å². The molecule has 0 aromatic carbocycles. The van der Waals surface area contributed by atoms with Crippen molar-refractivity contribution in [2.75, 3.05) is 25.5 Å². The van der Waals surface area contributed by atoms with Crippen LogP contribution in [0.25, 0.3) is 11.3 Å². The first-order chi connectivity index (χ1) is 16.2. The van der Waals surface area contributed by atoms with Crippen LogP contribution in [-0.4, -0.2) is 57.9 Å². The zero-order valence-corrected chi connectivity index (χ0v) is 19.5. The van der Waals surface area contributed by atoms with Gasteiger partial charge in [0, 0.05) is 48.0 Å². The summed E-state index contributed by atoms with van der Waals surface area (Å²) in [5.74, 6) is -0.0393. The molecule has 1 saturated heterocycles. The summed E-state index contributed by atoms with van der Waals surface area (Å²) in [7, 11) is 0. The molecule has 2 aromatic heterocycles. The summed E-state index contributed by atoms with van der Waals surface area (Å²) in [6.07, 6.45) is 0.973.